The molecule has 0 aromatic carbocycles. The number of anilines is 1. The second kappa shape index (κ2) is 4.76. The lowest BCUT2D eigenvalue weighted by atomic mass is 10.2. The van der Waals surface area contributed by atoms with Gasteiger partial charge in [0.25, 0.3) is 0 Å². The topological polar surface area (TPSA) is 56.2 Å². The van der Waals surface area contributed by atoms with Crippen molar-refractivity contribution in [2.24, 2.45) is 7.05 Å². The van der Waals surface area contributed by atoms with E-state index in [4.69, 9.17) is 4.84 Å². The van der Waals surface area contributed by atoms with E-state index < -0.39 is 0 Å². The molecule has 1 aromatic heterocycles. The third-order valence-electron chi connectivity index (χ3n) is 1.81. The molecular weight excluding hydrogens is 182 g/mol. The van der Waals surface area contributed by atoms with E-state index in [1.165, 1.54) is 4.57 Å². The first-order valence-electron chi connectivity index (χ1n) is 4.72. The van der Waals surface area contributed by atoms with E-state index >= 15 is 0 Å². The van der Waals surface area contributed by atoms with Crippen molar-refractivity contribution in [3.05, 3.63) is 22.2 Å². The molecule has 0 amide bonds. The Morgan fingerprint density at radius 3 is 3.00 bits per heavy atom. The first-order valence-corrected chi connectivity index (χ1v) is 4.72. The first-order chi connectivity index (χ1) is 6.77. The van der Waals surface area contributed by atoms with Crippen molar-refractivity contribution in [2.75, 3.05) is 12.1 Å². The second-order valence-corrected chi connectivity index (χ2v) is 2.71. The molecule has 14 heavy (non-hydrogen) atoms. The van der Waals surface area contributed by atoms with Gasteiger partial charge in [0.2, 0.25) is 0 Å². The molecule has 5 heteroatoms. The predicted molar refractivity (Wildman–Crippen MR) is 54.1 cm³/mol. The van der Waals surface area contributed by atoms with E-state index in [0.717, 1.165) is 12.0 Å². The van der Waals surface area contributed by atoms with Crippen LogP contribution in [0.2, 0.25) is 0 Å². The number of nitrogens with zero attached hydrogens (tertiary/aromatic N) is 2. The van der Waals surface area contributed by atoms with Gasteiger partial charge in [0.05, 0.1) is 6.61 Å². The van der Waals surface area contributed by atoms with Crippen molar-refractivity contribution in [1.82, 2.24) is 9.55 Å². The van der Waals surface area contributed by atoms with Crippen molar-refractivity contribution in [1.29, 1.82) is 0 Å². The van der Waals surface area contributed by atoms with Crippen LogP contribution in [-0.4, -0.2) is 16.2 Å². The number of aryl methyl sites for hydroxylation is 1. The molecular formula is C9H15N3O2. The van der Waals surface area contributed by atoms with E-state index in [-0.39, 0.29) is 5.69 Å². The summed E-state index contributed by atoms with van der Waals surface area (Å²) in [5.41, 5.74) is 3.35. The molecule has 0 aliphatic carbocycles. The Balaban J connectivity index is 0.000000461. The highest BCUT2D eigenvalue weighted by atomic mass is 16.6. The molecule has 0 unspecified atom stereocenters. The summed E-state index contributed by atoms with van der Waals surface area (Å²) >= 11 is 0. The van der Waals surface area contributed by atoms with Gasteiger partial charge in [-0.3, -0.25) is 4.84 Å². The minimum atomic E-state index is -0.272. The second-order valence-electron chi connectivity index (χ2n) is 2.71. The van der Waals surface area contributed by atoms with Crippen LogP contribution in [0.25, 0.3) is 0 Å². The van der Waals surface area contributed by atoms with Crippen LogP contribution in [-0.2, 0) is 18.3 Å². The summed E-state index contributed by atoms with van der Waals surface area (Å²) in [5.74, 6) is 0.546. The largest absolute Gasteiger partial charge is 0.349 e. The summed E-state index contributed by atoms with van der Waals surface area (Å²) in [5, 5.41) is 0. The quantitative estimate of drug-likeness (QED) is 0.665. The number of nitrogens with one attached hydrogen (secondary N) is 1. The van der Waals surface area contributed by atoms with Crippen molar-refractivity contribution in [3.8, 4) is 0 Å². The van der Waals surface area contributed by atoms with E-state index in [0.29, 0.717) is 12.4 Å². The van der Waals surface area contributed by atoms with Gasteiger partial charge < -0.3 is 4.57 Å². The molecule has 1 aliphatic heterocycles. The molecule has 0 bridgehead atoms. The zero-order chi connectivity index (χ0) is 10.6. The molecule has 5 nitrogen and oxygen atoms in total. The average Bonchev–Trinajstić information content (AvgIpc) is 2.23. The third kappa shape index (κ3) is 2.11. The Morgan fingerprint density at radius 1 is 1.57 bits per heavy atom. The molecule has 0 saturated carbocycles. The van der Waals surface area contributed by atoms with Crippen molar-refractivity contribution in [3.63, 3.8) is 0 Å². The Morgan fingerprint density at radius 2 is 2.29 bits per heavy atom. The molecule has 2 heterocycles. The van der Waals surface area contributed by atoms with Gasteiger partial charge in [0.15, 0.2) is 5.82 Å². The van der Waals surface area contributed by atoms with Gasteiger partial charge >= 0.3 is 5.69 Å². The molecule has 1 aliphatic rings. The van der Waals surface area contributed by atoms with Crippen LogP contribution >= 0.6 is 0 Å². The summed E-state index contributed by atoms with van der Waals surface area (Å²) in [7, 11) is 1.69. The van der Waals surface area contributed by atoms with Gasteiger partial charge in [-0.25, -0.2) is 10.3 Å². The molecule has 78 valence electrons. The van der Waals surface area contributed by atoms with E-state index in [1.807, 2.05) is 13.8 Å². The van der Waals surface area contributed by atoms with Crippen LogP contribution < -0.4 is 11.2 Å². The zero-order valence-electron chi connectivity index (χ0n) is 8.70. The van der Waals surface area contributed by atoms with Gasteiger partial charge in [-0.05, 0) is 0 Å². The zero-order valence-corrected chi connectivity index (χ0v) is 8.70. The average molecular weight is 197 g/mol. The van der Waals surface area contributed by atoms with Crippen LogP contribution in [0.5, 0.6) is 0 Å². The number of hydrogen-bond acceptors (Lipinski definition) is 4. The Kier molecular flexibility index (Phi) is 3.64. The van der Waals surface area contributed by atoms with Gasteiger partial charge in [-0.15, -0.1) is 0 Å². The SMILES string of the molecule is CC.Cn1cc2c(nc1=O)NOCC2. The highest BCUT2D eigenvalue weighted by Crippen LogP contribution is 2.13. The normalized spacial score (nSPS) is 13.4. The Bertz CT molecular complexity index is 360. The minimum absolute atomic E-state index is 0.272. The fourth-order valence-electron chi connectivity index (χ4n) is 1.15. The summed E-state index contributed by atoms with van der Waals surface area (Å²) in [6.45, 7) is 4.62. The van der Waals surface area contributed by atoms with Crippen LogP contribution in [0.4, 0.5) is 5.82 Å². The van der Waals surface area contributed by atoms with Gasteiger partial charge in [0, 0.05) is 25.2 Å². The van der Waals surface area contributed by atoms with Gasteiger partial charge in [-0.2, -0.15) is 4.98 Å². The van der Waals surface area contributed by atoms with E-state index in [9.17, 15) is 4.79 Å². The summed E-state index contributed by atoms with van der Waals surface area (Å²) in [4.78, 5) is 19.8. The summed E-state index contributed by atoms with van der Waals surface area (Å²) in [6.07, 6.45) is 2.57. The van der Waals surface area contributed by atoms with E-state index in [2.05, 4.69) is 10.5 Å². The van der Waals surface area contributed by atoms with E-state index in [1.54, 1.807) is 13.2 Å². The Labute approximate surface area is 82.7 Å². The molecule has 0 radical (unpaired) electrons. The minimum Gasteiger partial charge on any atom is -0.302 e. The lowest BCUT2D eigenvalue weighted by Gasteiger charge is -2.16. The number of rotatable bonds is 0. The maximum atomic E-state index is 11.0. The maximum absolute atomic E-state index is 11.0. The number of aromatic nitrogens is 2. The molecule has 1 aromatic rings. The fraction of sp³-hybridized carbons (Fsp3) is 0.556. The van der Waals surface area contributed by atoms with Crippen molar-refractivity contribution >= 4 is 5.82 Å². The van der Waals surface area contributed by atoms with Gasteiger partial charge in [-0.1, -0.05) is 13.8 Å². The number of hydrogen-bond donors (Lipinski definition) is 1. The van der Waals surface area contributed by atoms with Crippen LogP contribution in [0.3, 0.4) is 0 Å². The highest BCUT2D eigenvalue weighted by molar-refractivity contribution is 5.41. The standard InChI is InChI=1S/C7H9N3O2.C2H6/c1-10-4-5-2-3-12-9-6(5)8-7(10)11;1-2/h4H,2-3H2,1H3,(H,8,9,11);1-2H3. The molecule has 0 spiro atoms. The monoisotopic (exact) mass is 197 g/mol. The lowest BCUT2D eigenvalue weighted by molar-refractivity contribution is 0.184. The third-order valence-corrected chi connectivity index (χ3v) is 1.81. The van der Waals surface area contributed by atoms with Gasteiger partial charge in [0.1, 0.15) is 0 Å². The Hall–Kier alpha value is -1.36. The van der Waals surface area contributed by atoms with Crippen LogP contribution in [0.15, 0.2) is 11.0 Å². The smallest absolute Gasteiger partial charge is 0.302 e. The molecule has 0 fully saturated rings. The summed E-state index contributed by atoms with van der Waals surface area (Å²) in [6, 6.07) is 0. The van der Waals surface area contributed by atoms with Crippen LogP contribution in [0.1, 0.15) is 19.4 Å². The van der Waals surface area contributed by atoms with Crippen molar-refractivity contribution in [2.45, 2.75) is 20.3 Å². The summed E-state index contributed by atoms with van der Waals surface area (Å²) < 4.78 is 1.46. The molecule has 2 rings (SSSR count). The predicted octanol–water partition coefficient (Wildman–Crippen LogP) is 0.706. The fourth-order valence-corrected chi connectivity index (χ4v) is 1.15. The first kappa shape index (κ1) is 10.7. The number of fused-ring (bicyclic) bond motifs is 1. The van der Waals surface area contributed by atoms with Crippen molar-refractivity contribution < 1.29 is 4.84 Å². The maximum Gasteiger partial charge on any atom is 0.349 e. The molecule has 0 saturated heterocycles. The lowest BCUT2D eigenvalue weighted by Crippen LogP contribution is -2.26. The van der Waals surface area contributed by atoms with Crippen LogP contribution in [0, 0.1) is 0 Å². The molecule has 1 N–H and O–H groups in total. The highest BCUT2D eigenvalue weighted by Gasteiger charge is 2.11. The molecule has 0 atom stereocenters.